The molecule has 0 amide bonds. The van der Waals surface area contributed by atoms with Gasteiger partial charge >= 0.3 is 0 Å². The van der Waals surface area contributed by atoms with Gasteiger partial charge in [0.1, 0.15) is 0 Å². The molecule has 31 heavy (non-hydrogen) atoms. The third-order valence-electron chi connectivity index (χ3n) is 5.23. The van der Waals surface area contributed by atoms with Gasteiger partial charge in [0.15, 0.2) is 22.6 Å². The molecule has 8 heteroatoms. The summed E-state index contributed by atoms with van der Waals surface area (Å²) in [5.41, 5.74) is 2.25. The van der Waals surface area contributed by atoms with Crippen molar-refractivity contribution in [2.45, 2.75) is 46.1 Å². The quantitative estimate of drug-likeness (QED) is 0.425. The van der Waals surface area contributed by atoms with Crippen molar-refractivity contribution < 1.29 is 9.47 Å². The minimum atomic E-state index is 0.0714. The Morgan fingerprint density at radius 2 is 1.94 bits per heavy atom. The number of aromatic nitrogens is 1. The molecule has 3 rings (SSSR count). The summed E-state index contributed by atoms with van der Waals surface area (Å²) in [4.78, 5) is 11.5. The molecule has 1 saturated heterocycles. The van der Waals surface area contributed by atoms with Gasteiger partial charge in [0.2, 0.25) is 0 Å². The normalized spacial score (nSPS) is 15.1. The molecule has 7 nitrogen and oxygen atoms in total. The van der Waals surface area contributed by atoms with Crippen LogP contribution in [-0.2, 0) is 6.42 Å². The lowest BCUT2D eigenvalue weighted by Gasteiger charge is -2.20. The van der Waals surface area contributed by atoms with E-state index in [-0.39, 0.29) is 6.04 Å². The van der Waals surface area contributed by atoms with E-state index < -0.39 is 0 Å². The number of anilines is 1. The molecule has 2 aromatic rings. The number of hydrogen-bond donors (Lipinski definition) is 2. The van der Waals surface area contributed by atoms with Gasteiger partial charge in [-0.1, -0.05) is 6.07 Å². The van der Waals surface area contributed by atoms with Crippen LogP contribution in [0.2, 0.25) is 0 Å². The summed E-state index contributed by atoms with van der Waals surface area (Å²) in [5, 5.41) is 10.2. The molecule has 2 N–H and O–H groups in total. The third-order valence-corrected chi connectivity index (χ3v) is 6.18. The van der Waals surface area contributed by atoms with Crippen LogP contribution in [0.25, 0.3) is 0 Å². The van der Waals surface area contributed by atoms with Gasteiger partial charge in [0.25, 0.3) is 0 Å². The second-order valence-electron chi connectivity index (χ2n) is 7.50. The van der Waals surface area contributed by atoms with Crippen LogP contribution in [0.3, 0.4) is 0 Å². The van der Waals surface area contributed by atoms with Gasteiger partial charge < -0.3 is 25.0 Å². The lowest BCUT2D eigenvalue weighted by atomic mass is 10.1. The number of nitrogens with one attached hydrogen (secondary N) is 2. The summed E-state index contributed by atoms with van der Waals surface area (Å²) >= 11 is 1.75. The Bertz CT molecular complexity index is 848. The molecule has 1 unspecified atom stereocenters. The number of guanidine groups is 1. The van der Waals surface area contributed by atoms with E-state index in [2.05, 4.69) is 38.9 Å². The minimum Gasteiger partial charge on any atom is -0.490 e. The molecule has 1 fully saturated rings. The topological polar surface area (TPSA) is 71.0 Å². The van der Waals surface area contributed by atoms with E-state index in [1.54, 1.807) is 18.4 Å². The Morgan fingerprint density at radius 1 is 1.19 bits per heavy atom. The van der Waals surface area contributed by atoms with E-state index in [1.807, 2.05) is 26.0 Å². The summed E-state index contributed by atoms with van der Waals surface area (Å²) in [6.45, 7) is 10.3. The second-order valence-corrected chi connectivity index (χ2v) is 8.34. The van der Waals surface area contributed by atoms with E-state index in [9.17, 15) is 0 Å². The van der Waals surface area contributed by atoms with Crippen LogP contribution in [0.4, 0.5) is 5.13 Å². The van der Waals surface area contributed by atoms with E-state index in [0.717, 1.165) is 59.9 Å². The molecule has 1 atom stereocenters. The number of aliphatic imine (C=N–C) groups is 1. The van der Waals surface area contributed by atoms with Crippen molar-refractivity contribution in [3.05, 3.63) is 34.8 Å². The average molecular weight is 446 g/mol. The summed E-state index contributed by atoms with van der Waals surface area (Å²) < 4.78 is 11.4. The highest BCUT2D eigenvalue weighted by Crippen LogP contribution is 2.30. The van der Waals surface area contributed by atoms with E-state index in [1.165, 1.54) is 12.8 Å². The molecule has 1 aromatic heterocycles. The molecule has 0 spiro atoms. The first-order valence-electron chi connectivity index (χ1n) is 11.2. The number of nitrogens with zero attached hydrogens (tertiary/aromatic N) is 3. The number of thiazole rings is 1. The fourth-order valence-electron chi connectivity index (χ4n) is 3.59. The summed E-state index contributed by atoms with van der Waals surface area (Å²) in [6, 6.07) is 6.14. The Labute approximate surface area is 189 Å². The first-order valence-corrected chi connectivity index (χ1v) is 12.1. The van der Waals surface area contributed by atoms with E-state index in [4.69, 9.17) is 14.5 Å². The second kappa shape index (κ2) is 11.8. The van der Waals surface area contributed by atoms with Crippen LogP contribution in [0.5, 0.6) is 11.5 Å². The zero-order valence-corrected chi connectivity index (χ0v) is 19.9. The van der Waals surface area contributed by atoms with Crippen LogP contribution in [0.15, 0.2) is 28.6 Å². The standard InChI is InChI=1S/C23H35N5O2S/c1-5-29-20-10-9-18(15-21(20)30-6-2)17(3)26-22(24-4)25-12-11-19-16-31-23(27-19)28-13-7-8-14-28/h9-10,15-17H,5-8,11-14H2,1-4H3,(H2,24,25,26). The predicted molar refractivity (Wildman–Crippen MR) is 129 cm³/mol. The van der Waals surface area contributed by atoms with Crippen molar-refractivity contribution in [1.82, 2.24) is 15.6 Å². The molecule has 0 aliphatic carbocycles. The zero-order chi connectivity index (χ0) is 22.1. The zero-order valence-electron chi connectivity index (χ0n) is 19.1. The van der Waals surface area contributed by atoms with Crippen LogP contribution in [0.1, 0.15) is 50.9 Å². The number of benzene rings is 1. The van der Waals surface area contributed by atoms with Crippen LogP contribution in [-0.4, -0.2) is 50.8 Å². The van der Waals surface area contributed by atoms with Gasteiger partial charge in [-0.15, -0.1) is 11.3 Å². The van der Waals surface area contributed by atoms with Gasteiger partial charge in [-0.2, -0.15) is 0 Å². The molecular weight excluding hydrogens is 410 g/mol. The molecule has 0 bridgehead atoms. The fraction of sp³-hybridized carbons (Fsp3) is 0.565. The van der Waals surface area contributed by atoms with Crippen LogP contribution < -0.4 is 25.0 Å². The van der Waals surface area contributed by atoms with Gasteiger partial charge in [-0.05, 0) is 51.3 Å². The SMILES string of the molecule is CCOc1ccc(C(C)NC(=NC)NCCc2csc(N3CCCC3)n2)cc1OCC. The third kappa shape index (κ3) is 6.50. The highest BCUT2D eigenvalue weighted by molar-refractivity contribution is 7.13. The summed E-state index contributed by atoms with van der Waals surface area (Å²) in [5.74, 6) is 2.32. The Hall–Kier alpha value is -2.48. The van der Waals surface area contributed by atoms with Crippen molar-refractivity contribution >= 4 is 22.4 Å². The molecular formula is C23H35N5O2S. The molecule has 2 heterocycles. The maximum atomic E-state index is 5.76. The van der Waals surface area contributed by atoms with E-state index in [0.29, 0.717) is 13.2 Å². The number of rotatable bonds is 10. The largest absolute Gasteiger partial charge is 0.490 e. The lowest BCUT2D eigenvalue weighted by molar-refractivity contribution is 0.287. The smallest absolute Gasteiger partial charge is 0.191 e. The van der Waals surface area contributed by atoms with Gasteiger partial charge in [-0.3, -0.25) is 4.99 Å². The van der Waals surface area contributed by atoms with Gasteiger partial charge in [-0.25, -0.2) is 4.98 Å². The monoisotopic (exact) mass is 445 g/mol. The van der Waals surface area contributed by atoms with Crippen molar-refractivity contribution in [2.24, 2.45) is 4.99 Å². The first-order chi connectivity index (χ1) is 15.1. The molecule has 0 radical (unpaired) electrons. The van der Waals surface area contributed by atoms with Crippen LogP contribution in [0, 0.1) is 0 Å². The van der Waals surface area contributed by atoms with E-state index >= 15 is 0 Å². The first kappa shape index (κ1) is 23.2. The summed E-state index contributed by atoms with van der Waals surface area (Å²) in [7, 11) is 1.79. The molecule has 170 valence electrons. The van der Waals surface area contributed by atoms with Crippen LogP contribution >= 0.6 is 11.3 Å². The molecule has 1 aliphatic heterocycles. The van der Waals surface area contributed by atoms with Crippen molar-refractivity contribution in [1.29, 1.82) is 0 Å². The predicted octanol–water partition coefficient (Wildman–Crippen LogP) is 4.01. The van der Waals surface area contributed by atoms with Gasteiger partial charge in [0.05, 0.1) is 24.9 Å². The highest BCUT2D eigenvalue weighted by Gasteiger charge is 2.16. The number of hydrogen-bond acceptors (Lipinski definition) is 6. The molecule has 1 aliphatic rings. The van der Waals surface area contributed by atoms with Crippen molar-refractivity contribution in [2.75, 3.05) is 44.8 Å². The maximum absolute atomic E-state index is 5.76. The Kier molecular flexibility index (Phi) is 8.82. The Balaban J connectivity index is 1.51. The fourth-order valence-corrected chi connectivity index (χ4v) is 4.51. The van der Waals surface area contributed by atoms with Gasteiger partial charge in [0, 0.05) is 38.5 Å². The Morgan fingerprint density at radius 3 is 2.65 bits per heavy atom. The maximum Gasteiger partial charge on any atom is 0.191 e. The van der Waals surface area contributed by atoms with Crippen molar-refractivity contribution in [3.63, 3.8) is 0 Å². The number of ether oxygens (including phenoxy) is 2. The highest BCUT2D eigenvalue weighted by atomic mass is 32.1. The average Bonchev–Trinajstić information content (AvgIpc) is 3.46. The summed E-state index contributed by atoms with van der Waals surface area (Å²) in [6.07, 6.45) is 3.42. The molecule has 0 saturated carbocycles. The van der Waals surface area contributed by atoms with Crippen molar-refractivity contribution in [3.8, 4) is 11.5 Å². The lowest BCUT2D eigenvalue weighted by Crippen LogP contribution is -2.39. The molecule has 1 aromatic carbocycles. The minimum absolute atomic E-state index is 0.0714.